The van der Waals surface area contributed by atoms with Crippen LogP contribution in [-0.4, -0.2) is 47.4 Å². The summed E-state index contributed by atoms with van der Waals surface area (Å²) in [4.78, 5) is 18.3. The standard InChI is InChI=1S/C18H16FN2O3.3C4H9.Sn/c1-4-24-18(22)16-17(12-8-9-13(19)11(2)10-12)21-14(20-16)6-5-7-15(21)23-3;3*1-3-4-2;/h5,7-10H,4H2,1-3H3;3*1,3-4H2,2H3;. The summed E-state index contributed by atoms with van der Waals surface area (Å²) >= 11 is -2.95. The minimum absolute atomic E-state index is 0.255. The Hall–Kier alpha value is -2.09. The van der Waals surface area contributed by atoms with Crippen LogP contribution in [0.15, 0.2) is 30.3 Å². The maximum atomic E-state index is 14.2. The average Bonchev–Trinajstić information content (AvgIpc) is 3.31. The number of carbonyl (C=O) groups excluding carboxylic acids is 1. The molecule has 0 spiro atoms. The third-order valence-electron chi connectivity index (χ3n) is 7.44. The second-order valence-electron chi connectivity index (χ2n) is 10.0. The molecule has 37 heavy (non-hydrogen) atoms. The summed E-state index contributed by atoms with van der Waals surface area (Å²) in [5.41, 5.74) is 2.93. The molecule has 3 aromatic rings. The Kier molecular flexibility index (Phi) is 10.9. The van der Waals surface area contributed by atoms with E-state index in [4.69, 9.17) is 14.5 Å². The van der Waals surface area contributed by atoms with E-state index in [-0.39, 0.29) is 18.1 Å². The fraction of sp³-hybridized carbons (Fsp3) is 0.533. The van der Waals surface area contributed by atoms with Crippen LogP contribution < -0.4 is 8.32 Å². The van der Waals surface area contributed by atoms with Crippen LogP contribution in [0, 0.1) is 12.7 Å². The molecule has 0 fully saturated rings. The van der Waals surface area contributed by atoms with E-state index in [9.17, 15) is 9.18 Å². The Morgan fingerprint density at radius 3 is 2.11 bits per heavy atom. The van der Waals surface area contributed by atoms with Gasteiger partial charge in [-0.1, -0.05) is 0 Å². The molecule has 0 aliphatic heterocycles. The molecule has 0 radical (unpaired) electrons. The minimum atomic E-state index is -2.95. The van der Waals surface area contributed by atoms with Crippen LogP contribution in [0.4, 0.5) is 4.39 Å². The van der Waals surface area contributed by atoms with Crippen molar-refractivity contribution in [1.82, 2.24) is 9.38 Å². The molecule has 0 saturated heterocycles. The molecule has 0 aliphatic carbocycles. The first-order chi connectivity index (χ1) is 17.9. The fourth-order valence-corrected chi connectivity index (χ4v) is 21.8. The number of hydrogen-bond acceptors (Lipinski definition) is 4. The van der Waals surface area contributed by atoms with Gasteiger partial charge in [0.05, 0.1) is 0 Å². The summed E-state index contributed by atoms with van der Waals surface area (Å²) in [5, 5.41) is 0. The molecule has 2 heterocycles. The van der Waals surface area contributed by atoms with Crippen LogP contribution in [0.3, 0.4) is 0 Å². The number of hydrogen-bond donors (Lipinski definition) is 0. The van der Waals surface area contributed by atoms with Crippen LogP contribution in [-0.2, 0) is 4.74 Å². The van der Waals surface area contributed by atoms with E-state index >= 15 is 0 Å². The van der Waals surface area contributed by atoms with Gasteiger partial charge in [-0.2, -0.15) is 0 Å². The van der Waals surface area contributed by atoms with Gasteiger partial charge in [0.15, 0.2) is 0 Å². The Balaban J connectivity index is 2.42. The number of ether oxygens (including phenoxy) is 2. The molecule has 7 heteroatoms. The first kappa shape index (κ1) is 29.5. The third-order valence-corrected chi connectivity index (χ3v) is 23.0. The van der Waals surface area contributed by atoms with E-state index in [0.717, 1.165) is 11.2 Å². The predicted octanol–water partition coefficient (Wildman–Crippen LogP) is 7.69. The molecule has 5 nitrogen and oxygen atoms in total. The number of nitrogens with zero attached hydrogens (tertiary/aromatic N) is 2. The van der Waals surface area contributed by atoms with Gasteiger partial charge in [0.1, 0.15) is 0 Å². The zero-order valence-corrected chi connectivity index (χ0v) is 26.3. The summed E-state index contributed by atoms with van der Waals surface area (Å²) in [7, 11) is 1.64. The van der Waals surface area contributed by atoms with Crippen molar-refractivity contribution >= 4 is 33.6 Å². The van der Waals surface area contributed by atoms with Gasteiger partial charge in [-0.05, 0) is 0 Å². The zero-order chi connectivity index (χ0) is 27.0. The molecule has 2 aromatic heterocycles. The van der Waals surface area contributed by atoms with Gasteiger partial charge in [0.25, 0.3) is 0 Å². The molecule has 0 amide bonds. The van der Waals surface area contributed by atoms with Crippen LogP contribution in [0.5, 0.6) is 5.88 Å². The van der Waals surface area contributed by atoms with E-state index in [0.29, 0.717) is 17.1 Å². The summed E-state index contributed by atoms with van der Waals surface area (Å²) in [5.74, 6) is -0.134. The van der Waals surface area contributed by atoms with Gasteiger partial charge in [-0.25, -0.2) is 0 Å². The molecule has 1 aromatic carbocycles. The predicted molar refractivity (Wildman–Crippen MR) is 152 cm³/mol. The Morgan fingerprint density at radius 2 is 1.59 bits per heavy atom. The number of benzene rings is 1. The van der Waals surface area contributed by atoms with E-state index in [1.807, 2.05) is 10.5 Å². The van der Waals surface area contributed by atoms with Crippen molar-refractivity contribution in [3.8, 4) is 17.1 Å². The molecule has 0 aliphatic rings. The second kappa shape index (κ2) is 13.6. The number of methoxy groups -OCH3 is 1. The summed E-state index contributed by atoms with van der Waals surface area (Å²) < 4.78 is 32.7. The van der Waals surface area contributed by atoms with Crippen molar-refractivity contribution in [2.24, 2.45) is 0 Å². The monoisotopic (exact) mass is 618 g/mol. The van der Waals surface area contributed by atoms with Gasteiger partial charge < -0.3 is 0 Å². The number of carbonyl (C=O) groups is 1. The first-order valence-corrected chi connectivity index (χ1v) is 21.4. The van der Waals surface area contributed by atoms with Gasteiger partial charge in [0, 0.05) is 0 Å². The Labute approximate surface area is 225 Å². The quantitative estimate of drug-likeness (QED) is 0.138. The number of imidazole rings is 1. The molecule has 0 unspecified atom stereocenters. The zero-order valence-electron chi connectivity index (χ0n) is 23.5. The van der Waals surface area contributed by atoms with E-state index in [1.54, 1.807) is 33.1 Å². The van der Waals surface area contributed by atoms with E-state index in [2.05, 4.69) is 26.8 Å². The van der Waals surface area contributed by atoms with Gasteiger partial charge in [0.2, 0.25) is 0 Å². The van der Waals surface area contributed by atoms with E-state index < -0.39 is 24.3 Å². The first-order valence-electron chi connectivity index (χ1n) is 13.9. The molecule has 0 saturated carbocycles. The van der Waals surface area contributed by atoms with E-state index in [1.165, 1.54) is 61.5 Å². The Bertz CT molecular complexity index is 1190. The van der Waals surface area contributed by atoms with Crippen molar-refractivity contribution in [3.05, 3.63) is 47.4 Å². The van der Waals surface area contributed by atoms with Gasteiger partial charge in [-0.3, -0.25) is 0 Å². The SMILES string of the molecule is CCC[CH2][Sn]([CH2]CCC)([CH2]CCC)[c]1ccc(OC)n2c(-c3ccc(F)c(C)c3)c(C(=O)OCC)nc12. The number of aromatic nitrogens is 2. The number of halogens is 1. The molecular formula is C30H43FN2O3Sn. The maximum absolute atomic E-state index is 14.2. The molecule has 202 valence electrons. The molecule has 0 bridgehead atoms. The molecule has 0 N–H and O–H groups in total. The van der Waals surface area contributed by atoms with Crippen molar-refractivity contribution in [3.63, 3.8) is 0 Å². The summed E-state index contributed by atoms with van der Waals surface area (Å²) in [6, 6.07) is 9.21. The summed E-state index contributed by atoms with van der Waals surface area (Å²) in [6.07, 6.45) is 7.18. The van der Waals surface area contributed by atoms with Crippen molar-refractivity contribution in [2.45, 2.75) is 86.5 Å². The van der Waals surface area contributed by atoms with Crippen molar-refractivity contribution in [2.75, 3.05) is 13.7 Å². The third kappa shape index (κ3) is 6.32. The van der Waals surface area contributed by atoms with Crippen LogP contribution in [0.1, 0.15) is 82.3 Å². The number of esters is 1. The van der Waals surface area contributed by atoms with Crippen molar-refractivity contribution in [1.29, 1.82) is 0 Å². The Morgan fingerprint density at radius 1 is 0.973 bits per heavy atom. The molecule has 0 atom stereocenters. The van der Waals surface area contributed by atoms with Gasteiger partial charge >= 0.3 is 226 Å². The molecule has 3 rings (SSSR count). The van der Waals surface area contributed by atoms with Crippen molar-refractivity contribution < 1.29 is 18.7 Å². The molecular weight excluding hydrogens is 574 g/mol. The number of fused-ring (bicyclic) bond motifs is 1. The van der Waals surface area contributed by atoms with Crippen LogP contribution >= 0.6 is 0 Å². The average molecular weight is 617 g/mol. The number of aryl methyl sites for hydroxylation is 1. The van der Waals surface area contributed by atoms with Crippen LogP contribution in [0.25, 0.3) is 16.9 Å². The van der Waals surface area contributed by atoms with Gasteiger partial charge in [-0.15, -0.1) is 0 Å². The topological polar surface area (TPSA) is 52.8 Å². The van der Waals surface area contributed by atoms with Crippen LogP contribution in [0.2, 0.25) is 13.3 Å². The normalized spacial score (nSPS) is 11.8. The fourth-order valence-electron chi connectivity index (χ4n) is 5.42. The number of rotatable bonds is 14. The summed E-state index contributed by atoms with van der Waals surface area (Å²) in [6.45, 7) is 10.6. The number of pyridine rings is 1. The number of unbranched alkanes of at least 4 members (excludes halogenated alkanes) is 3. The second-order valence-corrected chi connectivity index (χ2v) is 23.2.